The fraction of sp³-hybridized carbons (Fsp3) is 0.296. The first-order chi connectivity index (χ1) is 17.9. The molecule has 37 heavy (non-hydrogen) atoms. The Morgan fingerprint density at radius 3 is 2.30 bits per heavy atom. The van der Waals surface area contributed by atoms with E-state index in [1.807, 2.05) is 4.68 Å². The molecule has 9 nitrogen and oxygen atoms in total. The van der Waals surface area contributed by atoms with Crippen LogP contribution in [0.3, 0.4) is 0 Å². The number of amides is 2. The third-order valence-electron chi connectivity index (χ3n) is 6.33. The largest absolute Gasteiger partial charge is 0.489 e. The Morgan fingerprint density at radius 2 is 1.73 bits per heavy atom. The lowest BCUT2D eigenvalue weighted by atomic mass is 10.1. The molecule has 3 aromatic rings. The predicted octanol–water partition coefficient (Wildman–Crippen LogP) is 4.22. The minimum Gasteiger partial charge on any atom is -0.489 e. The molecule has 1 saturated carbocycles. The zero-order valence-corrected chi connectivity index (χ0v) is 20.2. The average Bonchev–Trinajstić information content (AvgIpc) is 3.62. The van der Waals surface area contributed by atoms with Gasteiger partial charge in [0.1, 0.15) is 18.2 Å². The Kier molecular flexibility index (Phi) is 6.56. The number of aliphatic carboxylic acids is 1. The van der Waals surface area contributed by atoms with Gasteiger partial charge in [0.25, 0.3) is 11.8 Å². The number of rotatable bonds is 10. The molecule has 2 heterocycles. The summed E-state index contributed by atoms with van der Waals surface area (Å²) in [5.41, 5.74) is 0.848. The maximum absolute atomic E-state index is 14.5. The number of aromatic nitrogens is 3. The predicted molar refractivity (Wildman–Crippen MR) is 131 cm³/mol. The van der Waals surface area contributed by atoms with Crippen LogP contribution in [-0.2, 0) is 11.3 Å². The van der Waals surface area contributed by atoms with Crippen LogP contribution < -0.4 is 4.74 Å². The molecule has 1 aromatic heterocycles. The Morgan fingerprint density at radius 1 is 1.08 bits per heavy atom. The molecule has 5 rings (SSSR count). The van der Waals surface area contributed by atoms with Crippen LogP contribution in [-0.4, -0.2) is 55.7 Å². The minimum atomic E-state index is -1.80. The molecule has 0 atom stereocenters. The minimum absolute atomic E-state index is 0.193. The van der Waals surface area contributed by atoms with Crippen molar-refractivity contribution in [2.75, 3.05) is 13.2 Å². The summed E-state index contributed by atoms with van der Waals surface area (Å²) >= 11 is 0. The summed E-state index contributed by atoms with van der Waals surface area (Å²) in [5, 5.41) is 13.8. The number of carboxylic acid groups (broad SMARTS) is 1. The SMILES string of the molecule is CCCn1nc(-c2ccc(OC/C(CN3C(=O)c4ccccc4C3=O)=C(/F)C(=O)O)cc2)nc1C1CC1. The monoisotopic (exact) mass is 504 g/mol. The van der Waals surface area contributed by atoms with Crippen molar-refractivity contribution in [3.05, 3.63) is 76.9 Å². The van der Waals surface area contributed by atoms with E-state index >= 15 is 0 Å². The molecule has 190 valence electrons. The zero-order valence-electron chi connectivity index (χ0n) is 20.2. The highest BCUT2D eigenvalue weighted by Gasteiger charge is 2.36. The molecule has 2 aliphatic rings. The molecule has 10 heteroatoms. The molecule has 0 spiro atoms. The van der Waals surface area contributed by atoms with E-state index in [0.717, 1.165) is 42.1 Å². The molecule has 0 unspecified atom stereocenters. The Bertz CT molecular complexity index is 1370. The second-order valence-corrected chi connectivity index (χ2v) is 9.07. The van der Waals surface area contributed by atoms with Crippen LogP contribution >= 0.6 is 0 Å². The lowest BCUT2D eigenvalue weighted by molar-refractivity contribution is -0.134. The van der Waals surface area contributed by atoms with Gasteiger partial charge in [0.2, 0.25) is 5.83 Å². The highest BCUT2D eigenvalue weighted by molar-refractivity contribution is 6.21. The smallest absolute Gasteiger partial charge is 0.364 e. The van der Waals surface area contributed by atoms with Gasteiger partial charge in [-0.1, -0.05) is 19.1 Å². The van der Waals surface area contributed by atoms with Crippen molar-refractivity contribution in [3.63, 3.8) is 0 Å². The van der Waals surface area contributed by atoms with Gasteiger partial charge in [-0.3, -0.25) is 14.5 Å². The Hall–Kier alpha value is -4.34. The van der Waals surface area contributed by atoms with Gasteiger partial charge in [0.15, 0.2) is 5.82 Å². The lowest BCUT2D eigenvalue weighted by Gasteiger charge is -2.17. The molecular weight excluding hydrogens is 479 g/mol. The van der Waals surface area contributed by atoms with E-state index in [1.165, 1.54) is 12.1 Å². The lowest BCUT2D eigenvalue weighted by Crippen LogP contribution is -2.33. The second kappa shape index (κ2) is 9.96. The second-order valence-electron chi connectivity index (χ2n) is 9.07. The van der Waals surface area contributed by atoms with Crippen molar-refractivity contribution in [2.24, 2.45) is 0 Å². The van der Waals surface area contributed by atoms with Gasteiger partial charge in [-0.25, -0.2) is 14.5 Å². The topological polar surface area (TPSA) is 115 Å². The molecule has 0 bridgehead atoms. The number of nitrogens with zero attached hydrogens (tertiary/aromatic N) is 4. The van der Waals surface area contributed by atoms with Crippen molar-refractivity contribution in [3.8, 4) is 17.1 Å². The van der Waals surface area contributed by atoms with Gasteiger partial charge >= 0.3 is 5.97 Å². The van der Waals surface area contributed by atoms with Crippen molar-refractivity contribution >= 4 is 17.8 Å². The Balaban J connectivity index is 1.30. The average molecular weight is 505 g/mol. The van der Waals surface area contributed by atoms with Crippen LogP contribution in [0.25, 0.3) is 11.4 Å². The normalized spacial score (nSPS) is 15.6. The highest BCUT2D eigenvalue weighted by atomic mass is 19.1. The molecule has 1 fully saturated rings. The van der Waals surface area contributed by atoms with E-state index in [-0.39, 0.29) is 16.7 Å². The van der Waals surface area contributed by atoms with Crippen molar-refractivity contribution in [1.82, 2.24) is 19.7 Å². The number of carboxylic acids is 1. The third kappa shape index (κ3) is 4.87. The van der Waals surface area contributed by atoms with Crippen molar-refractivity contribution < 1.29 is 28.6 Å². The van der Waals surface area contributed by atoms with Crippen molar-refractivity contribution in [1.29, 1.82) is 0 Å². The first-order valence-electron chi connectivity index (χ1n) is 12.1. The summed E-state index contributed by atoms with van der Waals surface area (Å²) in [7, 11) is 0. The number of ether oxygens (including phenoxy) is 1. The molecular formula is C27H25FN4O5. The van der Waals surface area contributed by atoms with Crippen molar-refractivity contribution in [2.45, 2.75) is 38.6 Å². The number of carbonyl (C=O) groups excluding carboxylic acids is 2. The van der Waals surface area contributed by atoms with Gasteiger partial charge in [0.05, 0.1) is 17.7 Å². The molecule has 0 radical (unpaired) electrons. The van der Waals surface area contributed by atoms with Crippen LogP contribution in [0.4, 0.5) is 4.39 Å². The molecule has 1 N–H and O–H groups in total. The van der Waals surface area contributed by atoms with Gasteiger partial charge in [-0.2, -0.15) is 9.49 Å². The number of hydrogen-bond acceptors (Lipinski definition) is 6. The summed E-state index contributed by atoms with van der Waals surface area (Å²) in [4.78, 5) is 42.2. The summed E-state index contributed by atoms with van der Waals surface area (Å²) in [6, 6.07) is 13.1. The standard InChI is InChI=1S/C27H25FN4O5/c1-2-13-32-24(17-7-8-17)29-23(30-32)16-9-11-19(12-10-16)37-15-18(22(28)27(35)36)14-31-25(33)20-5-3-4-6-21(20)26(31)34/h3-6,9-12,17H,2,7-8,13-15H2,1H3,(H,35,36)/b22-18+. The van der Waals surface area contributed by atoms with Crippen LogP contribution in [0.15, 0.2) is 59.9 Å². The summed E-state index contributed by atoms with van der Waals surface area (Å²) in [5.74, 6) is -2.04. The van der Waals surface area contributed by atoms with E-state index in [2.05, 4.69) is 12.0 Å². The maximum Gasteiger partial charge on any atom is 0.364 e. The highest BCUT2D eigenvalue weighted by Crippen LogP contribution is 2.39. The quantitative estimate of drug-likeness (QED) is 0.325. The molecule has 1 aliphatic heterocycles. The van der Waals surface area contributed by atoms with Gasteiger partial charge < -0.3 is 9.84 Å². The zero-order chi connectivity index (χ0) is 26.1. The summed E-state index contributed by atoms with van der Waals surface area (Å²) in [6.45, 7) is 1.90. The number of aryl methyl sites for hydroxylation is 1. The Labute approximate surface area is 212 Å². The van der Waals surface area contributed by atoms with Gasteiger partial charge in [-0.05, 0) is 55.7 Å². The molecule has 0 saturated heterocycles. The van der Waals surface area contributed by atoms with Crippen LogP contribution in [0.2, 0.25) is 0 Å². The number of hydrogen-bond donors (Lipinski definition) is 1. The maximum atomic E-state index is 14.5. The number of fused-ring (bicyclic) bond motifs is 1. The van der Waals surface area contributed by atoms with E-state index < -0.39 is 36.8 Å². The van der Waals surface area contributed by atoms with E-state index in [1.54, 1.807) is 36.4 Å². The molecule has 1 aliphatic carbocycles. The fourth-order valence-electron chi connectivity index (χ4n) is 4.27. The fourth-order valence-corrected chi connectivity index (χ4v) is 4.27. The summed E-state index contributed by atoms with van der Waals surface area (Å²) in [6.07, 6.45) is 3.20. The molecule has 2 amide bonds. The molecule has 2 aromatic carbocycles. The van der Waals surface area contributed by atoms with E-state index in [9.17, 15) is 23.9 Å². The van der Waals surface area contributed by atoms with Gasteiger partial charge in [-0.15, -0.1) is 0 Å². The number of imide groups is 1. The number of carbonyl (C=O) groups is 3. The van der Waals surface area contributed by atoms with Gasteiger partial charge in [0, 0.05) is 23.6 Å². The van der Waals surface area contributed by atoms with Crippen LogP contribution in [0, 0.1) is 0 Å². The van der Waals surface area contributed by atoms with E-state index in [0.29, 0.717) is 17.5 Å². The first-order valence-corrected chi connectivity index (χ1v) is 12.1. The number of benzene rings is 2. The summed E-state index contributed by atoms with van der Waals surface area (Å²) < 4.78 is 22.1. The van der Waals surface area contributed by atoms with Crippen LogP contribution in [0.1, 0.15) is 58.6 Å². The number of halogens is 1. The third-order valence-corrected chi connectivity index (χ3v) is 6.33. The first kappa shape index (κ1) is 24.4. The van der Waals surface area contributed by atoms with Crippen LogP contribution in [0.5, 0.6) is 5.75 Å². The van der Waals surface area contributed by atoms with E-state index in [4.69, 9.17) is 9.72 Å².